The number of allylic oxidation sites excluding steroid dienone is 4. The number of benzene rings is 1. The summed E-state index contributed by atoms with van der Waals surface area (Å²) in [6, 6.07) is 8.57. The fourth-order valence-electron chi connectivity index (χ4n) is 8.83. The second-order valence-corrected chi connectivity index (χ2v) is 13.2. The molecule has 0 spiro atoms. The van der Waals surface area contributed by atoms with Crippen molar-refractivity contribution in [3.05, 3.63) is 58.2 Å². The van der Waals surface area contributed by atoms with Gasteiger partial charge < -0.3 is 4.90 Å². The summed E-state index contributed by atoms with van der Waals surface area (Å²) in [4.78, 5) is 17.6. The van der Waals surface area contributed by atoms with Crippen molar-refractivity contribution < 1.29 is 26.7 Å². The van der Waals surface area contributed by atoms with Gasteiger partial charge in [0, 0.05) is 51.0 Å². The molecular formula is C32H39F5N2O. The van der Waals surface area contributed by atoms with Crippen molar-refractivity contribution in [3.8, 4) is 0 Å². The zero-order valence-electron chi connectivity index (χ0n) is 23.4. The topological polar surface area (TPSA) is 23.6 Å². The first-order valence-electron chi connectivity index (χ1n) is 14.8. The Morgan fingerprint density at radius 1 is 0.950 bits per heavy atom. The monoisotopic (exact) mass is 562 g/mol. The molecule has 1 aliphatic heterocycles. The van der Waals surface area contributed by atoms with E-state index in [0.29, 0.717) is 32.1 Å². The zero-order valence-corrected chi connectivity index (χ0v) is 23.4. The summed E-state index contributed by atoms with van der Waals surface area (Å²) in [6.07, 6.45) is -0.808. The molecule has 3 fully saturated rings. The molecule has 0 N–H and O–H groups in total. The molecule has 6 rings (SSSR count). The summed E-state index contributed by atoms with van der Waals surface area (Å²) in [6.45, 7) is 6.77. The number of alkyl halides is 5. The van der Waals surface area contributed by atoms with Crippen LogP contribution in [0.25, 0.3) is 0 Å². The molecule has 4 aliphatic carbocycles. The van der Waals surface area contributed by atoms with Crippen LogP contribution in [0.3, 0.4) is 0 Å². The maximum absolute atomic E-state index is 14.7. The SMILES string of the molecule is CN1CCN(Cc2ccc(C3CC(=O)C=C4CC[C@@H]5C(=C43)CC[C@]3(C)C(C(F)(F)C(F)(F)F)CC[C@@H]53)cc2)CC1. The molecule has 40 heavy (non-hydrogen) atoms. The third kappa shape index (κ3) is 4.67. The average Bonchev–Trinajstić information content (AvgIpc) is 3.27. The molecule has 5 atom stereocenters. The molecule has 0 bridgehead atoms. The van der Waals surface area contributed by atoms with E-state index in [0.717, 1.165) is 50.3 Å². The van der Waals surface area contributed by atoms with Crippen LogP contribution in [0.2, 0.25) is 0 Å². The van der Waals surface area contributed by atoms with Crippen molar-refractivity contribution in [3.63, 3.8) is 0 Å². The molecule has 0 amide bonds. The molecule has 3 nitrogen and oxygen atoms in total. The Bertz CT molecular complexity index is 1210. The lowest BCUT2D eigenvalue weighted by molar-refractivity contribution is -0.314. The normalized spacial score (nSPS) is 33.9. The Morgan fingerprint density at radius 3 is 2.33 bits per heavy atom. The molecule has 0 aromatic heterocycles. The molecule has 1 saturated heterocycles. The molecule has 2 saturated carbocycles. The van der Waals surface area contributed by atoms with Crippen LogP contribution in [0.15, 0.2) is 47.1 Å². The highest BCUT2D eigenvalue weighted by molar-refractivity contribution is 5.94. The molecule has 1 aromatic rings. The van der Waals surface area contributed by atoms with E-state index in [-0.39, 0.29) is 30.0 Å². The zero-order chi connectivity index (χ0) is 28.4. The van der Waals surface area contributed by atoms with Crippen LogP contribution >= 0.6 is 0 Å². The Labute approximate surface area is 233 Å². The third-order valence-corrected chi connectivity index (χ3v) is 11.0. The molecule has 2 unspecified atom stereocenters. The molecular weight excluding hydrogens is 523 g/mol. The van der Waals surface area contributed by atoms with Gasteiger partial charge in [-0.05, 0) is 91.2 Å². The number of piperazine rings is 1. The number of carbonyl (C=O) groups excluding carboxylic acids is 1. The minimum Gasteiger partial charge on any atom is -0.304 e. The number of hydrogen-bond acceptors (Lipinski definition) is 3. The van der Waals surface area contributed by atoms with E-state index >= 15 is 0 Å². The first-order valence-corrected chi connectivity index (χ1v) is 14.8. The highest BCUT2D eigenvalue weighted by Crippen LogP contribution is 2.67. The summed E-state index contributed by atoms with van der Waals surface area (Å²) in [5, 5.41) is 0. The van der Waals surface area contributed by atoms with Crippen molar-refractivity contribution in [2.24, 2.45) is 23.2 Å². The minimum absolute atomic E-state index is 0.00661. The van der Waals surface area contributed by atoms with Gasteiger partial charge in [-0.1, -0.05) is 36.8 Å². The Balaban J connectivity index is 1.28. The van der Waals surface area contributed by atoms with Crippen molar-refractivity contribution in [2.75, 3.05) is 33.2 Å². The number of halogens is 5. The maximum atomic E-state index is 14.7. The van der Waals surface area contributed by atoms with Gasteiger partial charge in [0.25, 0.3) is 0 Å². The molecule has 1 heterocycles. The number of fused-ring (bicyclic) bond motifs is 4. The summed E-state index contributed by atoms with van der Waals surface area (Å²) >= 11 is 0. The maximum Gasteiger partial charge on any atom is 0.453 e. The van der Waals surface area contributed by atoms with Gasteiger partial charge >= 0.3 is 12.1 Å². The van der Waals surface area contributed by atoms with E-state index in [1.165, 1.54) is 16.7 Å². The quantitative estimate of drug-likeness (QED) is 0.364. The summed E-state index contributed by atoms with van der Waals surface area (Å²) in [7, 11) is 2.14. The van der Waals surface area contributed by atoms with E-state index in [1.54, 1.807) is 13.0 Å². The van der Waals surface area contributed by atoms with Gasteiger partial charge in [0.15, 0.2) is 5.78 Å². The van der Waals surface area contributed by atoms with Gasteiger partial charge in [0.05, 0.1) is 0 Å². The van der Waals surface area contributed by atoms with Crippen molar-refractivity contribution in [2.45, 2.75) is 76.4 Å². The molecule has 218 valence electrons. The van der Waals surface area contributed by atoms with Gasteiger partial charge in [-0.25, -0.2) is 0 Å². The number of likely N-dealkylation sites (N-methyl/N-ethyl adjacent to an activating group) is 1. The second-order valence-electron chi connectivity index (χ2n) is 13.2. The summed E-state index contributed by atoms with van der Waals surface area (Å²) in [5.74, 6) is -6.51. The van der Waals surface area contributed by atoms with E-state index in [1.807, 2.05) is 0 Å². The Kier molecular flexibility index (Phi) is 7.05. The average molecular weight is 563 g/mol. The summed E-state index contributed by atoms with van der Waals surface area (Å²) in [5.41, 5.74) is 4.73. The van der Waals surface area contributed by atoms with Crippen LogP contribution < -0.4 is 0 Å². The molecule has 0 radical (unpaired) electrons. The number of ketones is 1. The number of rotatable bonds is 4. The van der Waals surface area contributed by atoms with Gasteiger partial charge in [-0.15, -0.1) is 0 Å². The minimum atomic E-state index is -5.53. The fourth-order valence-corrected chi connectivity index (χ4v) is 8.83. The van der Waals surface area contributed by atoms with Crippen LogP contribution in [-0.4, -0.2) is 60.9 Å². The summed E-state index contributed by atoms with van der Waals surface area (Å²) < 4.78 is 69.6. The smallest absolute Gasteiger partial charge is 0.304 e. The van der Waals surface area contributed by atoms with E-state index < -0.39 is 23.4 Å². The van der Waals surface area contributed by atoms with E-state index in [4.69, 9.17) is 0 Å². The first kappa shape index (κ1) is 28.1. The van der Waals surface area contributed by atoms with Crippen LogP contribution in [0.4, 0.5) is 22.0 Å². The van der Waals surface area contributed by atoms with Crippen LogP contribution in [0.1, 0.15) is 68.9 Å². The van der Waals surface area contributed by atoms with Crippen molar-refractivity contribution in [1.82, 2.24) is 9.80 Å². The van der Waals surface area contributed by atoms with Crippen LogP contribution in [0.5, 0.6) is 0 Å². The largest absolute Gasteiger partial charge is 0.453 e. The van der Waals surface area contributed by atoms with Gasteiger partial charge in [-0.2, -0.15) is 22.0 Å². The molecule has 5 aliphatic rings. The van der Waals surface area contributed by atoms with Crippen LogP contribution in [0, 0.1) is 23.2 Å². The first-order chi connectivity index (χ1) is 18.9. The lowest BCUT2D eigenvalue weighted by atomic mass is 9.54. The number of hydrogen-bond donors (Lipinski definition) is 0. The Morgan fingerprint density at radius 2 is 1.65 bits per heavy atom. The predicted octanol–water partition coefficient (Wildman–Crippen LogP) is 7.15. The highest BCUT2D eigenvalue weighted by atomic mass is 19.4. The lowest BCUT2D eigenvalue weighted by Gasteiger charge is -2.51. The molecule has 8 heteroatoms. The van der Waals surface area contributed by atoms with Gasteiger partial charge in [0.1, 0.15) is 0 Å². The van der Waals surface area contributed by atoms with Gasteiger partial charge in [-0.3, -0.25) is 9.69 Å². The van der Waals surface area contributed by atoms with E-state index in [2.05, 4.69) is 41.1 Å². The standard InChI is InChI=1S/C32H39F5N2O/c1-30-12-11-25-24(27(30)9-10-28(30)31(33,34)32(35,36)37)8-7-22-17-23(40)18-26(29(22)25)21-5-3-20(4-6-21)19-39-15-13-38(2)14-16-39/h3-6,17,24,26-28H,7-16,18-19H2,1-2H3/t24-,26?,27+,28?,30+/m1/s1. The fraction of sp³-hybridized carbons (Fsp3) is 0.656. The molecule has 1 aromatic carbocycles. The van der Waals surface area contributed by atoms with Crippen molar-refractivity contribution >= 4 is 5.78 Å². The highest BCUT2D eigenvalue weighted by Gasteiger charge is 2.70. The van der Waals surface area contributed by atoms with Crippen molar-refractivity contribution in [1.29, 1.82) is 0 Å². The third-order valence-electron chi connectivity index (χ3n) is 11.0. The second kappa shape index (κ2) is 10.0. The van der Waals surface area contributed by atoms with Gasteiger partial charge in [0.2, 0.25) is 0 Å². The van der Waals surface area contributed by atoms with E-state index in [9.17, 15) is 26.7 Å². The van der Waals surface area contributed by atoms with Crippen LogP contribution in [-0.2, 0) is 11.3 Å². The number of nitrogens with zero attached hydrogens (tertiary/aromatic N) is 2. The number of carbonyl (C=O) groups is 1. The Hall–Kier alpha value is -2.06. The predicted molar refractivity (Wildman–Crippen MR) is 144 cm³/mol. The lowest BCUT2D eigenvalue weighted by Crippen LogP contribution is -2.51.